The van der Waals surface area contributed by atoms with Gasteiger partial charge in [-0.25, -0.2) is 4.57 Å². The van der Waals surface area contributed by atoms with Gasteiger partial charge in [0.25, 0.3) is 0 Å². The zero-order valence-corrected chi connectivity index (χ0v) is 18.3. The zero-order chi connectivity index (χ0) is 22.3. The van der Waals surface area contributed by atoms with Gasteiger partial charge in [0.1, 0.15) is 24.5 Å². The normalized spacial score (nSPS) is 24.7. The van der Waals surface area contributed by atoms with Gasteiger partial charge in [0.15, 0.2) is 12.4 Å². The van der Waals surface area contributed by atoms with Crippen LogP contribution in [0.1, 0.15) is 25.5 Å². The van der Waals surface area contributed by atoms with E-state index < -0.39 is 40.1 Å². The van der Waals surface area contributed by atoms with Crippen LogP contribution in [0.25, 0.3) is 0 Å². The number of nitrogens with one attached hydrogen (secondary N) is 2. The minimum absolute atomic E-state index is 0.354. The lowest BCUT2D eigenvalue weighted by atomic mass is 9.95. The fraction of sp³-hybridized carbons (Fsp3) is 0.364. The maximum absolute atomic E-state index is 13.2. The molecule has 2 aliphatic heterocycles. The Labute approximate surface area is 184 Å². The predicted molar refractivity (Wildman–Crippen MR) is 113 cm³/mol. The number of rotatable bonds is 6. The first-order valence-electron chi connectivity index (χ1n) is 9.97. The average Bonchev–Trinajstić information content (AvgIpc) is 3.00. The van der Waals surface area contributed by atoms with Crippen LogP contribution in [0.5, 0.6) is 0 Å². The number of aromatic nitrogens is 1. The first-order valence-corrected chi connectivity index (χ1v) is 10.8. The van der Waals surface area contributed by atoms with Gasteiger partial charge in [0.05, 0.1) is 12.0 Å². The predicted octanol–water partition coefficient (Wildman–Crippen LogP) is -0.0387. The molecule has 2 aliphatic rings. The first kappa shape index (κ1) is 21.2. The number of hydrogen-bond donors (Lipinski definition) is 2. The molecule has 2 amide bonds. The minimum Gasteiger partial charge on any atom is -0.548 e. The van der Waals surface area contributed by atoms with Crippen molar-refractivity contribution in [3.05, 3.63) is 60.4 Å². The van der Waals surface area contributed by atoms with Gasteiger partial charge in [-0.1, -0.05) is 30.3 Å². The molecular formula is C22H24N4O4S. The molecule has 3 unspecified atom stereocenters. The lowest BCUT2D eigenvalue weighted by Gasteiger charge is -2.45. The topological polar surface area (TPSA) is 105 Å². The van der Waals surface area contributed by atoms with Gasteiger partial charge in [-0.05, 0) is 19.4 Å². The van der Waals surface area contributed by atoms with E-state index in [-0.39, 0.29) is 5.91 Å². The van der Waals surface area contributed by atoms with Crippen molar-refractivity contribution in [3.8, 4) is 0 Å². The molecule has 0 radical (unpaired) electrons. The van der Waals surface area contributed by atoms with Gasteiger partial charge < -0.3 is 25.4 Å². The van der Waals surface area contributed by atoms with E-state index in [1.54, 1.807) is 13.8 Å². The van der Waals surface area contributed by atoms with E-state index in [1.165, 1.54) is 16.7 Å². The number of fused-ring (bicyclic) bond motifs is 1. The number of nitrogens with zero attached hydrogens (tertiary/aromatic N) is 2. The molecule has 0 saturated carbocycles. The van der Waals surface area contributed by atoms with Crippen LogP contribution >= 0.6 is 11.8 Å². The van der Waals surface area contributed by atoms with Gasteiger partial charge in [-0.2, -0.15) is 0 Å². The average molecular weight is 441 g/mol. The number of thioether (sulfide) groups is 1. The van der Waals surface area contributed by atoms with Crippen LogP contribution in [-0.4, -0.2) is 44.9 Å². The molecule has 4 atom stereocenters. The maximum atomic E-state index is 13.2. The molecule has 4 rings (SSSR count). The number of carbonyl (C=O) groups excluding carboxylic acids is 3. The Balaban J connectivity index is 1.54. The van der Waals surface area contributed by atoms with E-state index in [0.717, 1.165) is 11.3 Å². The Morgan fingerprint density at radius 3 is 2.42 bits per heavy atom. The van der Waals surface area contributed by atoms with Gasteiger partial charge in [0.2, 0.25) is 11.8 Å². The van der Waals surface area contributed by atoms with Gasteiger partial charge >= 0.3 is 0 Å². The molecule has 0 spiro atoms. The van der Waals surface area contributed by atoms with E-state index in [9.17, 15) is 19.5 Å². The van der Waals surface area contributed by atoms with E-state index in [4.69, 9.17) is 0 Å². The molecule has 9 heteroatoms. The zero-order valence-electron chi connectivity index (χ0n) is 17.4. The van der Waals surface area contributed by atoms with Crippen molar-refractivity contribution in [1.82, 2.24) is 10.2 Å². The van der Waals surface area contributed by atoms with Crippen molar-refractivity contribution in [2.75, 3.05) is 5.32 Å². The summed E-state index contributed by atoms with van der Waals surface area (Å²) in [6.07, 6.45) is 3.74. The van der Waals surface area contributed by atoms with Crippen LogP contribution in [0, 0.1) is 0 Å². The molecule has 1 aromatic heterocycles. The van der Waals surface area contributed by atoms with Gasteiger partial charge in [-0.3, -0.25) is 9.59 Å². The van der Waals surface area contributed by atoms with Crippen molar-refractivity contribution in [2.45, 2.75) is 42.1 Å². The summed E-state index contributed by atoms with van der Waals surface area (Å²) in [5.41, 5.74) is 1.51. The summed E-state index contributed by atoms with van der Waals surface area (Å²) < 4.78 is 1.19. The molecule has 1 aromatic carbocycles. The largest absolute Gasteiger partial charge is 0.548 e. The van der Waals surface area contributed by atoms with Crippen LogP contribution in [0.4, 0.5) is 5.69 Å². The van der Waals surface area contributed by atoms with Crippen LogP contribution in [-0.2, 0) is 21.4 Å². The molecule has 0 aliphatic carbocycles. The number of aliphatic carboxylic acids is 1. The smallest absolute Gasteiger partial charge is 0.249 e. The number of aryl methyl sites for hydroxylation is 1. The molecule has 31 heavy (non-hydrogen) atoms. The van der Waals surface area contributed by atoms with E-state index in [1.807, 2.05) is 66.5 Å². The van der Waals surface area contributed by atoms with Crippen LogP contribution in [0.3, 0.4) is 0 Å². The van der Waals surface area contributed by atoms with Gasteiger partial charge in [0, 0.05) is 22.6 Å². The van der Waals surface area contributed by atoms with Crippen LogP contribution < -0.4 is 20.3 Å². The van der Waals surface area contributed by atoms with Crippen molar-refractivity contribution >= 4 is 35.2 Å². The number of carbonyl (C=O) groups is 3. The molecule has 162 valence electrons. The summed E-state index contributed by atoms with van der Waals surface area (Å²) in [4.78, 5) is 38.9. The third-order valence-electron chi connectivity index (χ3n) is 5.65. The molecule has 0 bridgehead atoms. The number of carboxylic acid groups (broad SMARTS) is 1. The van der Waals surface area contributed by atoms with Gasteiger partial charge in [-0.15, -0.1) is 11.8 Å². The number of pyridine rings is 1. The molecule has 2 aromatic rings. The van der Waals surface area contributed by atoms with Crippen molar-refractivity contribution in [3.63, 3.8) is 0 Å². The summed E-state index contributed by atoms with van der Waals surface area (Å²) in [6.45, 7) is 3.54. The Morgan fingerprint density at radius 1 is 1.16 bits per heavy atom. The maximum Gasteiger partial charge on any atom is 0.249 e. The monoisotopic (exact) mass is 440 g/mol. The number of hydrogen-bond acceptors (Lipinski definition) is 6. The summed E-state index contributed by atoms with van der Waals surface area (Å²) in [5, 5.41) is 17.2. The second kappa shape index (κ2) is 7.88. The van der Waals surface area contributed by atoms with E-state index in [2.05, 4.69) is 10.6 Å². The summed E-state index contributed by atoms with van der Waals surface area (Å²) in [7, 11) is 1.90. The first-order chi connectivity index (χ1) is 14.7. The minimum atomic E-state index is -1.28. The quantitative estimate of drug-likeness (QED) is 0.483. The fourth-order valence-corrected chi connectivity index (χ4v) is 5.69. The molecule has 2 fully saturated rings. The highest BCUT2D eigenvalue weighted by Crippen LogP contribution is 2.50. The molecule has 2 N–H and O–H groups in total. The number of anilines is 1. The second-order valence-corrected chi connectivity index (χ2v) is 10.1. The molecule has 3 heterocycles. The molecular weight excluding hydrogens is 416 g/mol. The van der Waals surface area contributed by atoms with Crippen LogP contribution in [0.15, 0.2) is 54.9 Å². The third-order valence-corrected chi connectivity index (χ3v) is 7.22. The van der Waals surface area contributed by atoms with Crippen molar-refractivity contribution < 1.29 is 24.1 Å². The highest BCUT2D eigenvalue weighted by atomic mass is 32.2. The number of carboxylic acids is 1. The molecule has 8 nitrogen and oxygen atoms in total. The Morgan fingerprint density at radius 2 is 1.81 bits per heavy atom. The second-order valence-electron chi connectivity index (χ2n) is 8.31. The Kier molecular flexibility index (Phi) is 5.38. The van der Waals surface area contributed by atoms with Crippen LogP contribution in [0.2, 0.25) is 0 Å². The van der Waals surface area contributed by atoms with E-state index >= 15 is 0 Å². The number of amides is 2. The third kappa shape index (κ3) is 3.85. The van der Waals surface area contributed by atoms with Crippen molar-refractivity contribution in [1.29, 1.82) is 0 Å². The van der Waals surface area contributed by atoms with Crippen molar-refractivity contribution in [2.24, 2.45) is 7.05 Å². The SMILES string of the molecule is C[n+]1ccc(NC(C(=O)NC2C(=O)N3C2SC(C)(C)[C@@H]3C(=O)[O-])c2ccccc2)cc1. The highest BCUT2D eigenvalue weighted by Gasteiger charge is 2.62. The Hall–Kier alpha value is -3.07. The fourth-order valence-electron chi connectivity index (χ4n) is 4.07. The summed E-state index contributed by atoms with van der Waals surface area (Å²) in [6, 6.07) is 10.5. The summed E-state index contributed by atoms with van der Waals surface area (Å²) in [5.74, 6) is -2.03. The summed E-state index contributed by atoms with van der Waals surface area (Å²) >= 11 is 1.37. The Bertz CT molecular complexity index is 1010. The number of β-lactam (4-membered cyclic amide) rings is 1. The highest BCUT2D eigenvalue weighted by molar-refractivity contribution is 8.01. The number of benzene rings is 1. The lowest BCUT2D eigenvalue weighted by Crippen LogP contribution is -2.72. The lowest BCUT2D eigenvalue weighted by molar-refractivity contribution is -0.671. The molecule has 2 saturated heterocycles. The van der Waals surface area contributed by atoms with E-state index in [0.29, 0.717) is 0 Å². The standard InChI is InChI=1S/C22H24N4O4S/c1-22(2)17(21(29)30)26-19(28)16(20(26)31-22)24-18(27)15(13-7-5-4-6-8-13)23-14-9-11-25(3)12-10-14/h4-12,15-17,20H,1-3H3,(H2,24,27,29,30)/t15?,16?,17-,20?/m0/s1.